The van der Waals surface area contributed by atoms with Crippen LogP contribution in [-0.4, -0.2) is 49.6 Å². The Hall–Kier alpha value is -0.420. The van der Waals surface area contributed by atoms with Gasteiger partial charge in [0.1, 0.15) is 0 Å². The van der Waals surface area contributed by atoms with Crippen molar-refractivity contribution < 1.29 is 0 Å². The van der Waals surface area contributed by atoms with Crippen LogP contribution in [0.2, 0.25) is 0 Å². The van der Waals surface area contributed by atoms with Gasteiger partial charge in [0.25, 0.3) is 0 Å². The average molecular weight is 255 g/mol. The summed E-state index contributed by atoms with van der Waals surface area (Å²) in [4.78, 5) is 4.72. The predicted molar refractivity (Wildman–Crippen MR) is 76.5 cm³/mol. The summed E-state index contributed by atoms with van der Waals surface area (Å²) < 4.78 is 0. The van der Waals surface area contributed by atoms with Crippen LogP contribution in [0.5, 0.6) is 0 Å². The maximum atomic E-state index is 5.96. The van der Waals surface area contributed by atoms with Gasteiger partial charge in [-0.25, -0.2) is 0 Å². The lowest BCUT2D eigenvalue weighted by atomic mass is 10.1. The van der Waals surface area contributed by atoms with Crippen molar-refractivity contribution in [2.45, 2.75) is 25.9 Å². The zero-order valence-electron chi connectivity index (χ0n) is 11.4. The molecule has 1 aromatic rings. The normalized spacial score (nSPS) is 15.5. The van der Waals surface area contributed by atoms with Gasteiger partial charge in [0.05, 0.1) is 0 Å². The van der Waals surface area contributed by atoms with Crippen molar-refractivity contribution in [3.05, 3.63) is 22.4 Å². The number of thiophene rings is 1. The number of rotatable bonds is 7. The third kappa shape index (κ3) is 4.07. The first-order valence-corrected chi connectivity index (χ1v) is 7.17. The minimum absolute atomic E-state index is 0.348. The van der Waals surface area contributed by atoms with E-state index in [-0.39, 0.29) is 0 Å². The van der Waals surface area contributed by atoms with Crippen molar-refractivity contribution in [2.24, 2.45) is 5.73 Å². The monoisotopic (exact) mass is 255 g/mol. The molecule has 1 rings (SSSR count). The van der Waals surface area contributed by atoms with E-state index in [0.29, 0.717) is 18.6 Å². The summed E-state index contributed by atoms with van der Waals surface area (Å²) in [7, 11) is 4.23. The van der Waals surface area contributed by atoms with E-state index in [1.54, 1.807) is 11.3 Å². The van der Waals surface area contributed by atoms with E-state index in [4.69, 9.17) is 5.73 Å². The summed E-state index contributed by atoms with van der Waals surface area (Å²) >= 11 is 1.74. The van der Waals surface area contributed by atoms with Crippen LogP contribution in [0, 0.1) is 0 Å². The second-order valence-electron chi connectivity index (χ2n) is 4.75. The van der Waals surface area contributed by atoms with Gasteiger partial charge < -0.3 is 10.6 Å². The lowest BCUT2D eigenvalue weighted by molar-refractivity contribution is 0.131. The molecule has 17 heavy (non-hydrogen) atoms. The minimum atomic E-state index is 0.348. The molecule has 0 amide bonds. The number of hydrogen-bond donors (Lipinski definition) is 1. The van der Waals surface area contributed by atoms with Crippen molar-refractivity contribution in [1.29, 1.82) is 0 Å². The summed E-state index contributed by atoms with van der Waals surface area (Å²) in [6, 6.07) is 3.05. The molecule has 0 spiro atoms. The summed E-state index contributed by atoms with van der Waals surface area (Å²) in [5.74, 6) is 0. The van der Waals surface area contributed by atoms with Gasteiger partial charge in [0.15, 0.2) is 0 Å². The highest BCUT2D eigenvalue weighted by molar-refractivity contribution is 7.07. The van der Waals surface area contributed by atoms with E-state index < -0.39 is 0 Å². The van der Waals surface area contributed by atoms with Gasteiger partial charge >= 0.3 is 0 Å². The molecule has 0 fully saturated rings. The molecular formula is C13H25N3S. The lowest BCUT2D eigenvalue weighted by Gasteiger charge is -2.36. The van der Waals surface area contributed by atoms with E-state index in [1.165, 1.54) is 5.56 Å². The van der Waals surface area contributed by atoms with Crippen LogP contribution in [0.25, 0.3) is 0 Å². The van der Waals surface area contributed by atoms with E-state index in [2.05, 4.69) is 54.6 Å². The van der Waals surface area contributed by atoms with Gasteiger partial charge in [-0.15, -0.1) is 0 Å². The molecule has 0 bridgehead atoms. The molecule has 0 radical (unpaired) electrons. The van der Waals surface area contributed by atoms with Crippen LogP contribution < -0.4 is 5.73 Å². The molecule has 2 unspecified atom stereocenters. The maximum absolute atomic E-state index is 5.96. The predicted octanol–water partition coefficient (Wildman–Crippen LogP) is 2.02. The Balaban J connectivity index is 2.76. The first kappa shape index (κ1) is 14.6. The van der Waals surface area contributed by atoms with E-state index in [9.17, 15) is 0 Å². The van der Waals surface area contributed by atoms with Crippen LogP contribution in [0.1, 0.15) is 25.5 Å². The fourth-order valence-electron chi connectivity index (χ4n) is 2.40. The molecule has 0 saturated heterocycles. The molecule has 2 atom stereocenters. The number of hydrogen-bond acceptors (Lipinski definition) is 4. The summed E-state index contributed by atoms with van der Waals surface area (Å²) in [5.41, 5.74) is 7.31. The molecule has 3 nitrogen and oxygen atoms in total. The third-order valence-corrected chi connectivity index (χ3v) is 3.81. The van der Waals surface area contributed by atoms with E-state index in [1.807, 2.05) is 0 Å². The fourth-order valence-corrected chi connectivity index (χ4v) is 3.11. The van der Waals surface area contributed by atoms with Crippen LogP contribution in [0.4, 0.5) is 0 Å². The van der Waals surface area contributed by atoms with Crippen LogP contribution in [0.3, 0.4) is 0 Å². The molecule has 0 aliphatic carbocycles. The first-order valence-electron chi connectivity index (χ1n) is 6.22. The van der Waals surface area contributed by atoms with Crippen molar-refractivity contribution >= 4 is 11.3 Å². The molecule has 0 aromatic carbocycles. The zero-order valence-corrected chi connectivity index (χ0v) is 12.2. The van der Waals surface area contributed by atoms with E-state index in [0.717, 1.165) is 13.1 Å². The summed E-state index contributed by atoms with van der Waals surface area (Å²) in [5, 5.41) is 4.34. The van der Waals surface area contributed by atoms with Crippen molar-refractivity contribution in [3.8, 4) is 0 Å². The highest BCUT2D eigenvalue weighted by Crippen LogP contribution is 2.24. The molecule has 0 aliphatic heterocycles. The van der Waals surface area contributed by atoms with Crippen LogP contribution in [-0.2, 0) is 0 Å². The fraction of sp³-hybridized carbons (Fsp3) is 0.692. The average Bonchev–Trinajstić information content (AvgIpc) is 2.77. The van der Waals surface area contributed by atoms with Gasteiger partial charge in [-0.3, -0.25) is 4.90 Å². The molecular weight excluding hydrogens is 230 g/mol. The van der Waals surface area contributed by atoms with Crippen molar-refractivity contribution in [3.63, 3.8) is 0 Å². The Labute approximate surface area is 109 Å². The first-order chi connectivity index (χ1) is 8.10. The number of nitrogens with two attached hydrogens (primary N) is 1. The van der Waals surface area contributed by atoms with Crippen LogP contribution >= 0.6 is 11.3 Å². The maximum Gasteiger partial charge on any atom is 0.0481 e. The standard InChI is InChI=1S/C13H25N3S/c1-5-16(11(2)9-15(3)4)13(8-14)12-6-7-17-10-12/h6-7,10-11,13H,5,8-9,14H2,1-4H3. The molecule has 1 heterocycles. The van der Waals surface area contributed by atoms with Gasteiger partial charge in [-0.1, -0.05) is 6.92 Å². The highest BCUT2D eigenvalue weighted by atomic mass is 32.1. The van der Waals surface area contributed by atoms with E-state index >= 15 is 0 Å². The Kier molecular flexibility index (Phi) is 6.12. The van der Waals surface area contributed by atoms with Gasteiger partial charge in [-0.2, -0.15) is 11.3 Å². The Morgan fingerprint density at radius 3 is 2.53 bits per heavy atom. The Morgan fingerprint density at radius 2 is 2.12 bits per heavy atom. The van der Waals surface area contributed by atoms with Crippen molar-refractivity contribution in [2.75, 3.05) is 33.7 Å². The molecule has 1 aromatic heterocycles. The SMILES string of the molecule is CCN(C(C)CN(C)C)C(CN)c1ccsc1. The van der Waals surface area contributed by atoms with Gasteiger partial charge in [0.2, 0.25) is 0 Å². The third-order valence-electron chi connectivity index (χ3n) is 3.11. The zero-order chi connectivity index (χ0) is 12.8. The smallest absolute Gasteiger partial charge is 0.0481 e. The highest BCUT2D eigenvalue weighted by Gasteiger charge is 2.23. The van der Waals surface area contributed by atoms with Gasteiger partial charge in [-0.05, 0) is 50.0 Å². The Bertz CT molecular complexity index is 298. The summed E-state index contributed by atoms with van der Waals surface area (Å²) in [6.07, 6.45) is 0. The quantitative estimate of drug-likeness (QED) is 0.809. The number of nitrogens with zero attached hydrogens (tertiary/aromatic N) is 2. The molecule has 98 valence electrons. The number of likely N-dealkylation sites (N-methyl/N-ethyl adjacent to an activating group) is 2. The lowest BCUT2D eigenvalue weighted by Crippen LogP contribution is -2.44. The molecule has 0 aliphatic rings. The van der Waals surface area contributed by atoms with Crippen LogP contribution in [0.15, 0.2) is 16.8 Å². The van der Waals surface area contributed by atoms with Gasteiger partial charge in [0, 0.05) is 25.2 Å². The molecule has 4 heteroatoms. The summed E-state index contributed by atoms with van der Waals surface area (Å²) in [6.45, 7) is 7.27. The Morgan fingerprint density at radius 1 is 1.41 bits per heavy atom. The van der Waals surface area contributed by atoms with Crippen molar-refractivity contribution in [1.82, 2.24) is 9.80 Å². The minimum Gasteiger partial charge on any atom is -0.329 e. The topological polar surface area (TPSA) is 32.5 Å². The molecule has 2 N–H and O–H groups in total. The molecule has 0 saturated carbocycles. The second-order valence-corrected chi connectivity index (χ2v) is 5.53. The second kappa shape index (κ2) is 7.11. The largest absolute Gasteiger partial charge is 0.329 e.